The second-order valence-electron chi connectivity index (χ2n) is 14.4. The highest BCUT2D eigenvalue weighted by Gasteiger charge is 2.27. The normalized spacial score (nSPS) is 13.9. The van der Waals surface area contributed by atoms with Crippen molar-refractivity contribution in [3.8, 4) is 0 Å². The molecule has 0 aromatic heterocycles. The van der Waals surface area contributed by atoms with Crippen LogP contribution in [0.5, 0.6) is 0 Å². The molecule has 11 N–H and O–H groups in total. The minimum atomic E-state index is -1.60. The Kier molecular flexibility index (Phi) is 26.9. The SMILES string of the molecule is CC[C@@H](CCCCNC(=O)[C@@H](N)CCCCNC(=O)CC[C@H](CC(=O)CC[C@H](NC(=O)CC[C@H](NC(=O)CC[C@H](NC(C)=O)C(=O)O)C(=O)O)C(=O)O)C(=O)O)C(C)=O. The lowest BCUT2D eigenvalue weighted by Gasteiger charge is -2.18. The third kappa shape index (κ3) is 25.5. The summed E-state index contributed by atoms with van der Waals surface area (Å²) in [6.45, 7) is 5.33. The first-order valence-electron chi connectivity index (χ1n) is 19.8. The maximum atomic E-state index is 12.6. The van der Waals surface area contributed by atoms with E-state index in [-0.39, 0.29) is 43.4 Å². The third-order valence-electron chi connectivity index (χ3n) is 9.46. The molecule has 0 fully saturated rings. The first-order chi connectivity index (χ1) is 27.7. The minimum Gasteiger partial charge on any atom is -0.481 e. The number of unbranched alkanes of at least 4 members (excludes halogenated alkanes) is 2. The van der Waals surface area contributed by atoms with E-state index in [4.69, 9.17) is 10.8 Å². The smallest absolute Gasteiger partial charge is 0.326 e. The molecular weight excluding hydrogens is 780 g/mol. The summed E-state index contributed by atoms with van der Waals surface area (Å²) in [5, 5.41) is 49.6. The standard InChI is InChI=1S/C38H62N6O15/c1-4-24(22(2)45)9-5-7-20-41-34(51)27(39)10-6-8-19-40-31(48)16-11-25(35(52)53)21-26(47)12-13-29(37(56)57)43-33(50)18-15-30(38(58)59)44-32(49)17-14-28(36(54)55)42-23(3)46/h24-25,27-30H,4-21,39H2,1-3H3,(H,40,48)(H,41,51)(H,42,46)(H,43,50)(H,44,49)(H,52,53)(H,54,55)(H,56,57)(H,58,59)/t24-,25+,27-,28-,29-,30-/m0/s1. The molecule has 21 nitrogen and oxygen atoms in total. The molecule has 0 saturated carbocycles. The molecular formula is C38H62N6O15. The molecule has 0 aromatic rings. The van der Waals surface area contributed by atoms with Crippen LogP contribution in [0.4, 0.5) is 0 Å². The van der Waals surface area contributed by atoms with E-state index in [2.05, 4.69) is 26.6 Å². The van der Waals surface area contributed by atoms with Gasteiger partial charge in [0.25, 0.3) is 0 Å². The molecule has 0 rings (SSSR count). The number of hydrogen-bond donors (Lipinski definition) is 10. The number of carboxylic acids is 4. The molecule has 0 bridgehead atoms. The molecule has 0 aromatic carbocycles. The average Bonchev–Trinajstić information content (AvgIpc) is 3.15. The second kappa shape index (κ2) is 29.7. The summed E-state index contributed by atoms with van der Waals surface area (Å²) < 4.78 is 0. The van der Waals surface area contributed by atoms with Gasteiger partial charge in [-0.15, -0.1) is 0 Å². The zero-order valence-corrected chi connectivity index (χ0v) is 34.0. The van der Waals surface area contributed by atoms with E-state index in [1.807, 2.05) is 6.92 Å². The molecule has 0 aliphatic heterocycles. The van der Waals surface area contributed by atoms with Crippen LogP contribution in [-0.4, -0.2) is 123 Å². The van der Waals surface area contributed by atoms with E-state index >= 15 is 0 Å². The fourth-order valence-corrected chi connectivity index (χ4v) is 5.89. The Morgan fingerprint density at radius 3 is 1.42 bits per heavy atom. The maximum Gasteiger partial charge on any atom is 0.326 e. The van der Waals surface area contributed by atoms with Crippen LogP contribution in [0.2, 0.25) is 0 Å². The van der Waals surface area contributed by atoms with Crippen LogP contribution in [0, 0.1) is 11.8 Å². The number of hydrogen-bond acceptors (Lipinski definition) is 12. The molecule has 59 heavy (non-hydrogen) atoms. The molecule has 0 aliphatic rings. The Bertz CT molecular complexity index is 1470. The Labute approximate surface area is 342 Å². The van der Waals surface area contributed by atoms with Gasteiger partial charge in [-0.25, -0.2) is 14.4 Å². The van der Waals surface area contributed by atoms with E-state index in [1.54, 1.807) is 6.92 Å². The predicted molar refractivity (Wildman–Crippen MR) is 208 cm³/mol. The topological polar surface area (TPSA) is 355 Å². The van der Waals surface area contributed by atoms with Crippen LogP contribution in [0.1, 0.15) is 124 Å². The quantitative estimate of drug-likeness (QED) is 0.0382. The molecule has 5 amide bonds. The number of ketones is 2. The molecule has 6 atom stereocenters. The van der Waals surface area contributed by atoms with Crippen LogP contribution in [0.25, 0.3) is 0 Å². The second-order valence-corrected chi connectivity index (χ2v) is 14.4. The highest BCUT2D eigenvalue weighted by Crippen LogP contribution is 2.16. The Morgan fingerprint density at radius 1 is 0.508 bits per heavy atom. The third-order valence-corrected chi connectivity index (χ3v) is 9.46. The Balaban J connectivity index is 4.64. The van der Waals surface area contributed by atoms with E-state index < -0.39 is 122 Å². The monoisotopic (exact) mass is 842 g/mol. The Hall–Kier alpha value is -5.47. The van der Waals surface area contributed by atoms with Crippen LogP contribution in [0.15, 0.2) is 0 Å². The van der Waals surface area contributed by atoms with Gasteiger partial charge in [-0.2, -0.15) is 0 Å². The number of carbonyl (C=O) groups is 11. The summed E-state index contributed by atoms with van der Waals surface area (Å²) in [6, 6.07) is -5.30. The van der Waals surface area contributed by atoms with Crippen molar-refractivity contribution in [1.29, 1.82) is 0 Å². The minimum absolute atomic E-state index is 0.0372. The lowest BCUT2D eigenvalue weighted by Crippen LogP contribution is -2.45. The summed E-state index contributed by atoms with van der Waals surface area (Å²) in [6.07, 6.45) is 0.955. The highest BCUT2D eigenvalue weighted by atomic mass is 16.4. The summed E-state index contributed by atoms with van der Waals surface area (Å²) in [4.78, 5) is 131. The van der Waals surface area contributed by atoms with Gasteiger partial charge in [-0.05, 0) is 71.1 Å². The number of carboxylic acid groups (broad SMARTS) is 4. The van der Waals surface area contributed by atoms with Crippen LogP contribution in [-0.2, 0) is 52.7 Å². The zero-order chi connectivity index (χ0) is 45.1. The van der Waals surface area contributed by atoms with Crippen molar-refractivity contribution in [2.75, 3.05) is 13.1 Å². The van der Waals surface area contributed by atoms with Gasteiger partial charge in [0.05, 0.1) is 12.0 Å². The first kappa shape index (κ1) is 53.5. The number of amides is 5. The zero-order valence-electron chi connectivity index (χ0n) is 34.0. The van der Waals surface area contributed by atoms with Crippen LogP contribution < -0.4 is 32.3 Å². The maximum absolute atomic E-state index is 12.6. The van der Waals surface area contributed by atoms with Gasteiger partial charge in [-0.1, -0.05) is 13.3 Å². The fraction of sp³-hybridized carbons (Fsp3) is 0.711. The molecule has 0 unspecified atom stereocenters. The lowest BCUT2D eigenvalue weighted by atomic mass is 9.94. The molecule has 0 spiro atoms. The van der Waals surface area contributed by atoms with Gasteiger partial charge in [0.15, 0.2) is 0 Å². The van der Waals surface area contributed by atoms with Crippen LogP contribution in [0.3, 0.4) is 0 Å². The average molecular weight is 843 g/mol. The number of Topliss-reactive ketones (excluding diaryl/α,β-unsaturated/α-hetero) is 2. The van der Waals surface area contributed by atoms with Gasteiger partial charge < -0.3 is 52.7 Å². The Morgan fingerprint density at radius 2 is 0.966 bits per heavy atom. The van der Waals surface area contributed by atoms with Gasteiger partial charge in [0.2, 0.25) is 29.5 Å². The molecule has 0 radical (unpaired) electrons. The fourth-order valence-electron chi connectivity index (χ4n) is 5.89. The molecule has 0 aliphatic carbocycles. The summed E-state index contributed by atoms with van der Waals surface area (Å²) in [7, 11) is 0. The van der Waals surface area contributed by atoms with Crippen molar-refractivity contribution >= 4 is 65.0 Å². The predicted octanol–water partition coefficient (Wildman–Crippen LogP) is 0.0108. The summed E-state index contributed by atoms with van der Waals surface area (Å²) in [5.74, 6) is -10.6. The van der Waals surface area contributed by atoms with Gasteiger partial charge in [0, 0.05) is 58.0 Å². The summed E-state index contributed by atoms with van der Waals surface area (Å²) >= 11 is 0. The van der Waals surface area contributed by atoms with E-state index in [1.165, 1.54) is 0 Å². The van der Waals surface area contributed by atoms with E-state index in [0.717, 1.165) is 32.6 Å². The number of nitrogens with two attached hydrogens (primary N) is 1. The number of aliphatic carboxylic acids is 4. The van der Waals surface area contributed by atoms with E-state index in [9.17, 15) is 68.1 Å². The van der Waals surface area contributed by atoms with Crippen LogP contribution >= 0.6 is 0 Å². The van der Waals surface area contributed by atoms with Crippen molar-refractivity contribution in [3.05, 3.63) is 0 Å². The number of rotatable bonds is 34. The van der Waals surface area contributed by atoms with Gasteiger partial charge in [0.1, 0.15) is 29.7 Å². The molecule has 21 heteroatoms. The first-order valence-corrected chi connectivity index (χ1v) is 19.8. The highest BCUT2D eigenvalue weighted by molar-refractivity contribution is 5.88. The molecule has 0 heterocycles. The molecule has 0 saturated heterocycles. The van der Waals surface area contributed by atoms with Crippen molar-refractivity contribution in [1.82, 2.24) is 26.6 Å². The van der Waals surface area contributed by atoms with Gasteiger partial charge >= 0.3 is 23.9 Å². The lowest BCUT2D eigenvalue weighted by molar-refractivity contribution is -0.145. The number of carbonyl (C=O) groups excluding carboxylic acids is 7. The van der Waals surface area contributed by atoms with Crippen molar-refractivity contribution in [2.24, 2.45) is 17.6 Å². The van der Waals surface area contributed by atoms with Crippen molar-refractivity contribution in [3.63, 3.8) is 0 Å². The van der Waals surface area contributed by atoms with E-state index in [0.29, 0.717) is 25.8 Å². The molecule has 334 valence electrons. The van der Waals surface area contributed by atoms with Crippen molar-refractivity contribution < 1.29 is 73.2 Å². The van der Waals surface area contributed by atoms with Gasteiger partial charge in [-0.3, -0.25) is 38.4 Å². The summed E-state index contributed by atoms with van der Waals surface area (Å²) in [5.41, 5.74) is 5.96. The largest absolute Gasteiger partial charge is 0.481 e. The van der Waals surface area contributed by atoms with Crippen molar-refractivity contribution in [2.45, 2.75) is 148 Å². The number of nitrogens with one attached hydrogen (secondary N) is 5.